The second-order valence-electron chi connectivity index (χ2n) is 6.38. The molecule has 0 spiro atoms. The number of rotatable bonds is 8. The maximum atomic E-state index is 12.9. The number of aryl methyl sites for hydroxylation is 1. The molecule has 1 heterocycles. The van der Waals surface area contributed by atoms with E-state index in [9.17, 15) is 14.0 Å². The lowest BCUT2D eigenvalue weighted by Gasteiger charge is -2.09. The molecule has 3 aromatic rings. The summed E-state index contributed by atoms with van der Waals surface area (Å²) >= 11 is 0. The molecular weight excluding hydrogens is 389 g/mol. The zero-order valence-corrected chi connectivity index (χ0v) is 16.3. The number of nitrogens with one attached hydrogen (secondary N) is 1. The van der Waals surface area contributed by atoms with E-state index in [-0.39, 0.29) is 11.5 Å². The minimum absolute atomic E-state index is 0.0859. The van der Waals surface area contributed by atoms with Gasteiger partial charge in [0.05, 0.1) is 0 Å². The normalized spacial score (nSPS) is 11.2. The van der Waals surface area contributed by atoms with Gasteiger partial charge < -0.3 is 10.1 Å². The van der Waals surface area contributed by atoms with E-state index in [0.717, 1.165) is 11.1 Å². The van der Waals surface area contributed by atoms with Crippen LogP contribution in [0.1, 0.15) is 17.0 Å². The van der Waals surface area contributed by atoms with Crippen molar-refractivity contribution >= 4 is 23.6 Å². The van der Waals surface area contributed by atoms with Gasteiger partial charge in [-0.2, -0.15) is 4.68 Å². The number of esters is 1. The Kier molecular flexibility index (Phi) is 6.99. The zero-order chi connectivity index (χ0) is 21.3. The van der Waals surface area contributed by atoms with E-state index >= 15 is 0 Å². The smallest absolute Gasteiger partial charge is 0.357 e. The van der Waals surface area contributed by atoms with Crippen molar-refractivity contribution in [3.63, 3.8) is 0 Å². The van der Waals surface area contributed by atoms with Crippen molar-refractivity contribution in [2.45, 2.75) is 13.3 Å². The molecule has 0 aliphatic rings. The molecule has 0 atom stereocenters. The molecule has 0 bridgehead atoms. The summed E-state index contributed by atoms with van der Waals surface area (Å²) in [6.07, 6.45) is 2.11. The summed E-state index contributed by atoms with van der Waals surface area (Å²) < 4.78 is 19.3. The fourth-order valence-electron chi connectivity index (χ4n) is 2.62. The molecule has 2 aromatic carbocycles. The van der Waals surface area contributed by atoms with Crippen molar-refractivity contribution in [2.75, 3.05) is 13.2 Å². The van der Waals surface area contributed by atoms with Crippen LogP contribution in [0.5, 0.6) is 0 Å². The highest BCUT2D eigenvalue weighted by molar-refractivity contribution is 6.15. The number of amides is 1. The molecule has 0 unspecified atom stereocenters. The Hall–Kier alpha value is -3.88. The van der Waals surface area contributed by atoms with E-state index in [1.807, 2.05) is 30.3 Å². The van der Waals surface area contributed by atoms with E-state index < -0.39 is 18.5 Å². The van der Waals surface area contributed by atoms with E-state index in [1.54, 1.807) is 25.1 Å². The summed E-state index contributed by atoms with van der Waals surface area (Å²) in [5, 5.41) is 13.8. The van der Waals surface area contributed by atoms with Gasteiger partial charge in [-0.25, -0.2) is 9.18 Å². The Morgan fingerprint density at radius 2 is 1.87 bits per heavy atom. The highest BCUT2D eigenvalue weighted by Crippen LogP contribution is 2.13. The van der Waals surface area contributed by atoms with E-state index in [1.165, 1.54) is 16.8 Å². The van der Waals surface area contributed by atoms with Gasteiger partial charge in [0.2, 0.25) is 0 Å². The molecule has 0 aliphatic heterocycles. The van der Waals surface area contributed by atoms with Gasteiger partial charge in [-0.15, -0.1) is 5.10 Å². The van der Waals surface area contributed by atoms with Crippen molar-refractivity contribution in [3.05, 3.63) is 77.4 Å². The van der Waals surface area contributed by atoms with Crippen molar-refractivity contribution < 1.29 is 18.7 Å². The Balaban J connectivity index is 1.57. The van der Waals surface area contributed by atoms with Gasteiger partial charge >= 0.3 is 5.97 Å². The van der Waals surface area contributed by atoms with E-state index in [0.29, 0.717) is 18.8 Å². The third kappa shape index (κ3) is 5.81. The SMILES string of the molecule is Cc1nnnn1/C(=C\c1ccccc1)C(=O)OCC(=O)NCCc1ccc(F)cc1. The van der Waals surface area contributed by atoms with Crippen LogP contribution < -0.4 is 5.32 Å². The number of hydrogen-bond acceptors (Lipinski definition) is 6. The van der Waals surface area contributed by atoms with Crippen LogP contribution in [0, 0.1) is 12.7 Å². The summed E-state index contributed by atoms with van der Waals surface area (Å²) in [4.78, 5) is 24.6. The topological polar surface area (TPSA) is 99.0 Å². The van der Waals surface area contributed by atoms with Crippen LogP contribution in [0.3, 0.4) is 0 Å². The second-order valence-corrected chi connectivity index (χ2v) is 6.38. The number of aromatic nitrogens is 4. The summed E-state index contributed by atoms with van der Waals surface area (Å²) in [5.41, 5.74) is 1.72. The second kappa shape index (κ2) is 10.1. The van der Waals surface area contributed by atoms with Gasteiger partial charge in [0.15, 0.2) is 18.1 Å². The van der Waals surface area contributed by atoms with Crippen molar-refractivity contribution in [2.24, 2.45) is 0 Å². The predicted molar refractivity (Wildman–Crippen MR) is 107 cm³/mol. The average molecular weight is 409 g/mol. The summed E-state index contributed by atoms with van der Waals surface area (Å²) in [5.74, 6) is -1.09. The average Bonchev–Trinajstić information content (AvgIpc) is 3.18. The molecule has 1 amide bonds. The first-order valence-electron chi connectivity index (χ1n) is 9.23. The first kappa shape index (κ1) is 20.8. The first-order chi connectivity index (χ1) is 14.5. The highest BCUT2D eigenvalue weighted by atomic mass is 19.1. The number of ether oxygens (including phenoxy) is 1. The fraction of sp³-hybridized carbons (Fsp3) is 0.190. The fourth-order valence-corrected chi connectivity index (χ4v) is 2.62. The van der Waals surface area contributed by atoms with Crippen LogP contribution >= 0.6 is 0 Å². The Labute approximate surface area is 172 Å². The highest BCUT2D eigenvalue weighted by Gasteiger charge is 2.19. The molecule has 0 radical (unpaired) electrons. The number of carbonyl (C=O) groups excluding carboxylic acids is 2. The monoisotopic (exact) mass is 409 g/mol. The van der Waals surface area contributed by atoms with Crippen LogP contribution in [0.15, 0.2) is 54.6 Å². The zero-order valence-electron chi connectivity index (χ0n) is 16.3. The number of tetrazole rings is 1. The number of nitrogens with zero attached hydrogens (tertiary/aromatic N) is 4. The lowest BCUT2D eigenvalue weighted by atomic mass is 10.1. The number of benzene rings is 2. The minimum Gasteiger partial charge on any atom is -0.451 e. The molecule has 154 valence electrons. The Morgan fingerprint density at radius 3 is 2.53 bits per heavy atom. The molecule has 9 heteroatoms. The third-order valence-corrected chi connectivity index (χ3v) is 4.15. The quantitative estimate of drug-likeness (QED) is 0.451. The van der Waals surface area contributed by atoms with Gasteiger partial charge in [-0.05, 0) is 53.1 Å². The maximum absolute atomic E-state index is 12.9. The molecule has 0 saturated heterocycles. The molecule has 0 saturated carbocycles. The molecule has 0 fully saturated rings. The van der Waals surface area contributed by atoms with Crippen LogP contribution in [-0.2, 0) is 20.7 Å². The third-order valence-electron chi connectivity index (χ3n) is 4.15. The number of hydrogen-bond donors (Lipinski definition) is 1. The van der Waals surface area contributed by atoms with Crippen molar-refractivity contribution in [1.29, 1.82) is 0 Å². The van der Waals surface area contributed by atoms with Gasteiger partial charge in [0, 0.05) is 6.54 Å². The Morgan fingerprint density at radius 1 is 1.13 bits per heavy atom. The molecule has 3 rings (SSSR count). The van der Waals surface area contributed by atoms with Gasteiger partial charge in [0.1, 0.15) is 5.82 Å². The standard InChI is InChI=1S/C21H20FN5O3/c1-15-24-25-26-27(15)19(13-17-5-3-2-4-6-17)21(29)30-14-20(28)23-12-11-16-7-9-18(22)10-8-16/h2-10,13H,11-12,14H2,1H3,(H,23,28)/b19-13-. The molecule has 0 aliphatic carbocycles. The Bertz CT molecular complexity index is 1030. The van der Waals surface area contributed by atoms with Crippen LogP contribution in [-0.4, -0.2) is 45.2 Å². The van der Waals surface area contributed by atoms with Gasteiger partial charge in [0.25, 0.3) is 5.91 Å². The molecule has 30 heavy (non-hydrogen) atoms. The molecular formula is C21H20FN5O3. The lowest BCUT2D eigenvalue weighted by Crippen LogP contribution is -2.31. The van der Waals surface area contributed by atoms with Crippen LogP contribution in [0.4, 0.5) is 4.39 Å². The van der Waals surface area contributed by atoms with Gasteiger partial charge in [-0.1, -0.05) is 42.5 Å². The predicted octanol–water partition coefficient (Wildman–Crippen LogP) is 2.02. The van der Waals surface area contributed by atoms with E-state index in [4.69, 9.17) is 4.74 Å². The van der Waals surface area contributed by atoms with Crippen molar-refractivity contribution in [1.82, 2.24) is 25.5 Å². The van der Waals surface area contributed by atoms with Crippen LogP contribution in [0.2, 0.25) is 0 Å². The van der Waals surface area contributed by atoms with Crippen LogP contribution in [0.25, 0.3) is 11.8 Å². The summed E-state index contributed by atoms with van der Waals surface area (Å²) in [6.45, 7) is 1.53. The molecule has 1 aromatic heterocycles. The summed E-state index contributed by atoms with van der Waals surface area (Å²) in [7, 11) is 0. The maximum Gasteiger partial charge on any atom is 0.357 e. The number of halogens is 1. The summed E-state index contributed by atoms with van der Waals surface area (Å²) in [6, 6.07) is 15.2. The lowest BCUT2D eigenvalue weighted by molar-refractivity contribution is -0.143. The first-order valence-corrected chi connectivity index (χ1v) is 9.23. The van der Waals surface area contributed by atoms with E-state index in [2.05, 4.69) is 20.8 Å². The molecule has 8 nitrogen and oxygen atoms in total. The number of carbonyl (C=O) groups is 2. The molecule has 1 N–H and O–H groups in total. The largest absolute Gasteiger partial charge is 0.451 e. The van der Waals surface area contributed by atoms with Crippen molar-refractivity contribution in [3.8, 4) is 0 Å². The minimum atomic E-state index is -0.733. The van der Waals surface area contributed by atoms with Gasteiger partial charge in [-0.3, -0.25) is 4.79 Å².